The van der Waals surface area contributed by atoms with Gasteiger partial charge in [-0.05, 0) is 31.0 Å². The zero-order valence-corrected chi connectivity index (χ0v) is 17.7. The molecular formula is C22H21NO4S2. The number of carbonyl (C=O) groups excluding carboxylic acids is 2. The molecule has 1 amide bonds. The van der Waals surface area contributed by atoms with Crippen molar-refractivity contribution in [2.45, 2.75) is 38.1 Å². The molecule has 150 valence electrons. The van der Waals surface area contributed by atoms with Gasteiger partial charge in [-0.25, -0.2) is 4.79 Å². The lowest BCUT2D eigenvalue weighted by Gasteiger charge is -2.29. The second-order valence-corrected chi connectivity index (χ2v) is 8.76. The Morgan fingerprint density at radius 1 is 1.21 bits per heavy atom. The standard InChI is InChI=1S/C22H21NO4S2/c1-26-21(25)17-10-6-5-9-16(17)18-12-11-15(27-18)13-19-20(24)23(22(28)29-19)14-7-3-2-4-8-14/h5-6,9-14H,2-4,7-8H2,1H3. The molecule has 1 saturated carbocycles. The minimum absolute atomic E-state index is 0.0418. The maximum absolute atomic E-state index is 12.9. The van der Waals surface area contributed by atoms with E-state index in [4.69, 9.17) is 21.4 Å². The van der Waals surface area contributed by atoms with E-state index in [1.54, 1.807) is 41.3 Å². The first-order valence-corrected chi connectivity index (χ1v) is 10.9. The number of thioether (sulfide) groups is 1. The van der Waals surface area contributed by atoms with Crippen LogP contribution in [0.2, 0.25) is 0 Å². The molecule has 7 heteroatoms. The van der Waals surface area contributed by atoms with Gasteiger partial charge >= 0.3 is 5.97 Å². The lowest BCUT2D eigenvalue weighted by molar-refractivity contribution is -0.124. The molecule has 1 aromatic heterocycles. The SMILES string of the molecule is COC(=O)c1ccccc1-c1ccc(C=C2SC(=S)N(C3CCCCC3)C2=O)o1. The Bertz CT molecular complexity index is 988. The van der Waals surface area contributed by atoms with Crippen LogP contribution in [-0.2, 0) is 9.53 Å². The van der Waals surface area contributed by atoms with Crippen LogP contribution in [0.25, 0.3) is 17.4 Å². The highest BCUT2D eigenvalue weighted by Crippen LogP contribution is 2.38. The van der Waals surface area contributed by atoms with Gasteiger partial charge in [0.05, 0.1) is 17.6 Å². The van der Waals surface area contributed by atoms with Crippen molar-refractivity contribution >= 4 is 46.3 Å². The van der Waals surface area contributed by atoms with Gasteiger partial charge in [0.2, 0.25) is 0 Å². The van der Waals surface area contributed by atoms with Crippen LogP contribution in [0, 0.1) is 0 Å². The van der Waals surface area contributed by atoms with Crippen LogP contribution in [0.1, 0.15) is 48.2 Å². The number of thiocarbonyl (C=S) groups is 1. The van der Waals surface area contributed by atoms with E-state index >= 15 is 0 Å². The van der Waals surface area contributed by atoms with Gasteiger partial charge in [-0.15, -0.1) is 0 Å². The topological polar surface area (TPSA) is 59.8 Å². The van der Waals surface area contributed by atoms with Gasteiger partial charge in [-0.1, -0.05) is 61.4 Å². The van der Waals surface area contributed by atoms with Crippen molar-refractivity contribution < 1.29 is 18.7 Å². The Labute approximate surface area is 179 Å². The van der Waals surface area contributed by atoms with Crippen LogP contribution in [0.3, 0.4) is 0 Å². The van der Waals surface area contributed by atoms with E-state index in [1.807, 2.05) is 6.07 Å². The number of hydrogen-bond donors (Lipinski definition) is 0. The van der Waals surface area contributed by atoms with Crippen molar-refractivity contribution in [2.75, 3.05) is 7.11 Å². The second-order valence-electron chi connectivity index (χ2n) is 7.08. The number of furan rings is 1. The summed E-state index contributed by atoms with van der Waals surface area (Å²) in [5, 5.41) is 0. The maximum atomic E-state index is 12.9. The Kier molecular flexibility index (Phi) is 5.87. The summed E-state index contributed by atoms with van der Waals surface area (Å²) in [4.78, 5) is 27.3. The number of hydrogen-bond acceptors (Lipinski definition) is 6. The van der Waals surface area contributed by atoms with E-state index in [0.717, 1.165) is 25.7 Å². The molecule has 2 aromatic rings. The Balaban J connectivity index is 1.58. The van der Waals surface area contributed by atoms with Gasteiger partial charge < -0.3 is 9.15 Å². The molecular weight excluding hydrogens is 406 g/mol. The van der Waals surface area contributed by atoms with E-state index in [2.05, 4.69) is 0 Å². The molecule has 0 radical (unpaired) electrons. The van der Waals surface area contributed by atoms with Crippen molar-refractivity contribution in [2.24, 2.45) is 0 Å². The van der Waals surface area contributed by atoms with Gasteiger partial charge in [-0.3, -0.25) is 9.69 Å². The first-order chi connectivity index (χ1) is 14.1. The van der Waals surface area contributed by atoms with E-state index in [0.29, 0.717) is 31.9 Å². The van der Waals surface area contributed by atoms with Crippen molar-refractivity contribution in [3.05, 3.63) is 52.6 Å². The van der Waals surface area contributed by atoms with Crippen molar-refractivity contribution in [1.29, 1.82) is 0 Å². The monoisotopic (exact) mass is 427 g/mol. The molecule has 2 aliphatic rings. The molecule has 4 rings (SSSR count). The maximum Gasteiger partial charge on any atom is 0.338 e. The lowest BCUT2D eigenvalue weighted by Crippen LogP contribution is -2.39. The Morgan fingerprint density at radius 3 is 2.72 bits per heavy atom. The summed E-state index contributed by atoms with van der Waals surface area (Å²) >= 11 is 6.80. The quantitative estimate of drug-likeness (QED) is 0.376. The predicted molar refractivity (Wildman–Crippen MR) is 117 cm³/mol. The van der Waals surface area contributed by atoms with Crippen LogP contribution < -0.4 is 0 Å². The largest absolute Gasteiger partial charge is 0.465 e. The molecule has 2 heterocycles. The molecule has 2 fully saturated rings. The molecule has 0 atom stereocenters. The van der Waals surface area contributed by atoms with Gasteiger partial charge in [0.15, 0.2) is 0 Å². The predicted octanol–water partition coefficient (Wildman–Crippen LogP) is 5.27. The van der Waals surface area contributed by atoms with Gasteiger partial charge in [-0.2, -0.15) is 0 Å². The third kappa shape index (κ3) is 4.02. The molecule has 1 aliphatic carbocycles. The van der Waals surface area contributed by atoms with Crippen LogP contribution in [0.5, 0.6) is 0 Å². The number of esters is 1. The number of benzene rings is 1. The first kappa shape index (κ1) is 19.9. The summed E-state index contributed by atoms with van der Waals surface area (Å²) in [6.45, 7) is 0. The van der Waals surface area contributed by atoms with E-state index in [9.17, 15) is 9.59 Å². The first-order valence-electron chi connectivity index (χ1n) is 9.63. The minimum Gasteiger partial charge on any atom is -0.465 e. The van der Waals surface area contributed by atoms with Crippen LogP contribution >= 0.6 is 24.0 Å². The summed E-state index contributed by atoms with van der Waals surface area (Å²) in [5.41, 5.74) is 1.08. The Hall–Kier alpha value is -2.38. The summed E-state index contributed by atoms with van der Waals surface area (Å²) in [5.74, 6) is 0.621. The van der Waals surface area contributed by atoms with Crippen molar-refractivity contribution in [1.82, 2.24) is 4.90 Å². The zero-order chi connectivity index (χ0) is 20.4. The van der Waals surface area contributed by atoms with Crippen LogP contribution in [0.15, 0.2) is 45.7 Å². The fourth-order valence-corrected chi connectivity index (χ4v) is 5.20. The molecule has 0 spiro atoms. The minimum atomic E-state index is -0.424. The van der Waals surface area contributed by atoms with Gasteiger partial charge in [0, 0.05) is 17.7 Å². The highest BCUT2D eigenvalue weighted by molar-refractivity contribution is 8.26. The molecule has 0 bridgehead atoms. The summed E-state index contributed by atoms with van der Waals surface area (Å²) in [6, 6.07) is 10.9. The average molecular weight is 428 g/mol. The van der Waals surface area contributed by atoms with Gasteiger partial charge in [0.1, 0.15) is 15.8 Å². The van der Waals surface area contributed by atoms with E-state index in [-0.39, 0.29) is 11.9 Å². The highest BCUT2D eigenvalue weighted by atomic mass is 32.2. The third-order valence-electron chi connectivity index (χ3n) is 5.26. The number of nitrogens with zero attached hydrogens (tertiary/aromatic N) is 1. The molecule has 0 N–H and O–H groups in total. The van der Waals surface area contributed by atoms with Crippen LogP contribution in [0.4, 0.5) is 0 Å². The molecule has 0 unspecified atom stereocenters. The van der Waals surface area contributed by atoms with Crippen LogP contribution in [-0.4, -0.2) is 34.2 Å². The highest BCUT2D eigenvalue weighted by Gasteiger charge is 2.37. The number of carbonyl (C=O) groups is 2. The van der Waals surface area contributed by atoms with Gasteiger partial charge in [0.25, 0.3) is 5.91 Å². The fraction of sp³-hybridized carbons (Fsp3) is 0.318. The van der Waals surface area contributed by atoms with E-state index in [1.165, 1.54) is 25.3 Å². The third-order valence-corrected chi connectivity index (χ3v) is 6.59. The summed E-state index contributed by atoms with van der Waals surface area (Å²) < 4.78 is 11.4. The lowest BCUT2D eigenvalue weighted by atomic mass is 9.94. The molecule has 5 nitrogen and oxygen atoms in total. The summed E-state index contributed by atoms with van der Waals surface area (Å²) in [7, 11) is 1.35. The second kappa shape index (κ2) is 8.55. The molecule has 1 aliphatic heterocycles. The smallest absolute Gasteiger partial charge is 0.338 e. The average Bonchev–Trinajstić information content (AvgIpc) is 3.32. The number of rotatable bonds is 4. The normalized spacial score (nSPS) is 19.2. The molecule has 1 aromatic carbocycles. The number of amides is 1. The van der Waals surface area contributed by atoms with E-state index < -0.39 is 5.97 Å². The summed E-state index contributed by atoms with van der Waals surface area (Å²) in [6.07, 6.45) is 7.25. The molecule has 1 saturated heterocycles. The Morgan fingerprint density at radius 2 is 1.97 bits per heavy atom. The van der Waals surface area contributed by atoms with Crippen molar-refractivity contribution in [3.8, 4) is 11.3 Å². The molecule has 29 heavy (non-hydrogen) atoms. The van der Waals surface area contributed by atoms with Crippen molar-refractivity contribution in [3.63, 3.8) is 0 Å². The zero-order valence-electron chi connectivity index (χ0n) is 16.1. The fourth-order valence-electron chi connectivity index (χ4n) is 3.82. The number of methoxy groups -OCH3 is 1. The number of ether oxygens (including phenoxy) is 1.